The summed E-state index contributed by atoms with van der Waals surface area (Å²) in [6, 6.07) is 13.5. The molecule has 0 radical (unpaired) electrons. The molecule has 0 unspecified atom stereocenters. The van der Waals surface area contributed by atoms with Crippen molar-refractivity contribution in [1.29, 1.82) is 0 Å². The number of hydrogen-bond donors (Lipinski definition) is 2. The standard InChI is InChI=1S/C22H15Cl2N5O7/c1-12(26-27-22(31)21(30)25-18-10-14(23)4-8-17(18)24)13-2-6-16(7-3-13)36-20-9-5-15(28(32)33)11-19(20)29(34)35/h2-11H,1H3,(H,25,30)(H,27,31)/b26-12+. The first-order valence-corrected chi connectivity index (χ1v) is 10.6. The molecule has 0 saturated carbocycles. The molecule has 2 amide bonds. The van der Waals surface area contributed by atoms with Gasteiger partial charge in [0.05, 0.1) is 32.3 Å². The topological polar surface area (TPSA) is 166 Å². The zero-order chi connectivity index (χ0) is 26.4. The molecule has 0 aliphatic rings. The largest absolute Gasteiger partial charge is 0.450 e. The van der Waals surface area contributed by atoms with Gasteiger partial charge in [-0.1, -0.05) is 23.2 Å². The molecular weight excluding hydrogens is 517 g/mol. The molecule has 0 heterocycles. The molecule has 0 atom stereocenters. The van der Waals surface area contributed by atoms with Crippen LogP contribution in [0.4, 0.5) is 17.1 Å². The Morgan fingerprint density at radius 3 is 2.25 bits per heavy atom. The minimum atomic E-state index is -1.05. The maximum Gasteiger partial charge on any atom is 0.329 e. The van der Waals surface area contributed by atoms with Crippen LogP contribution in [0.5, 0.6) is 11.5 Å². The lowest BCUT2D eigenvalue weighted by Gasteiger charge is -2.08. The molecule has 0 aromatic heterocycles. The minimum absolute atomic E-state index is 0.161. The second-order valence-electron chi connectivity index (χ2n) is 7.01. The Morgan fingerprint density at radius 1 is 0.917 bits per heavy atom. The van der Waals surface area contributed by atoms with Crippen LogP contribution in [0.1, 0.15) is 12.5 Å². The predicted octanol–water partition coefficient (Wildman–Crippen LogP) is 5.08. The smallest absolute Gasteiger partial charge is 0.329 e. The van der Waals surface area contributed by atoms with Gasteiger partial charge in [-0.25, -0.2) is 5.43 Å². The van der Waals surface area contributed by atoms with E-state index in [1.807, 2.05) is 0 Å². The lowest BCUT2D eigenvalue weighted by molar-refractivity contribution is -0.394. The Kier molecular flexibility index (Phi) is 8.14. The lowest BCUT2D eigenvalue weighted by atomic mass is 10.1. The number of hydrogen-bond acceptors (Lipinski definition) is 8. The van der Waals surface area contributed by atoms with Crippen molar-refractivity contribution in [2.75, 3.05) is 5.32 Å². The van der Waals surface area contributed by atoms with Crippen LogP contribution in [0.3, 0.4) is 0 Å². The van der Waals surface area contributed by atoms with Crippen LogP contribution in [-0.4, -0.2) is 27.4 Å². The average Bonchev–Trinajstić information content (AvgIpc) is 2.84. The van der Waals surface area contributed by atoms with Gasteiger partial charge in [0.15, 0.2) is 0 Å². The van der Waals surface area contributed by atoms with Crippen LogP contribution >= 0.6 is 23.2 Å². The Labute approximate surface area is 212 Å². The zero-order valence-corrected chi connectivity index (χ0v) is 19.7. The lowest BCUT2D eigenvalue weighted by Crippen LogP contribution is -2.33. The van der Waals surface area contributed by atoms with E-state index in [1.54, 1.807) is 19.1 Å². The summed E-state index contributed by atoms with van der Waals surface area (Å²) in [5.74, 6) is -2.02. The van der Waals surface area contributed by atoms with Gasteiger partial charge in [0, 0.05) is 11.1 Å². The summed E-state index contributed by atoms with van der Waals surface area (Å²) >= 11 is 11.8. The van der Waals surface area contributed by atoms with E-state index in [0.717, 1.165) is 18.2 Å². The number of benzene rings is 3. The Balaban J connectivity index is 1.66. The third-order valence-electron chi connectivity index (χ3n) is 4.56. The molecule has 0 fully saturated rings. The monoisotopic (exact) mass is 531 g/mol. The molecule has 36 heavy (non-hydrogen) atoms. The molecule has 14 heteroatoms. The molecular formula is C22H15Cl2N5O7. The number of nitrogens with zero attached hydrogens (tertiary/aromatic N) is 3. The van der Waals surface area contributed by atoms with Crippen molar-refractivity contribution in [2.45, 2.75) is 6.92 Å². The third-order valence-corrected chi connectivity index (χ3v) is 5.12. The molecule has 2 N–H and O–H groups in total. The number of carbonyl (C=O) groups is 2. The van der Waals surface area contributed by atoms with E-state index in [0.29, 0.717) is 16.3 Å². The van der Waals surface area contributed by atoms with Crippen molar-refractivity contribution in [2.24, 2.45) is 5.10 Å². The zero-order valence-electron chi connectivity index (χ0n) is 18.2. The first kappa shape index (κ1) is 26.1. The van der Waals surface area contributed by atoms with Gasteiger partial charge in [-0.15, -0.1) is 0 Å². The fraction of sp³-hybridized carbons (Fsp3) is 0.0455. The van der Waals surface area contributed by atoms with Crippen molar-refractivity contribution in [3.05, 3.63) is 96.5 Å². The van der Waals surface area contributed by atoms with E-state index in [9.17, 15) is 29.8 Å². The van der Waals surface area contributed by atoms with E-state index in [4.69, 9.17) is 27.9 Å². The number of hydrazone groups is 1. The van der Waals surface area contributed by atoms with Crippen LogP contribution < -0.4 is 15.5 Å². The number of amides is 2. The third kappa shape index (κ3) is 6.52. The van der Waals surface area contributed by atoms with Crippen molar-refractivity contribution in [3.8, 4) is 11.5 Å². The molecule has 0 saturated heterocycles. The SMILES string of the molecule is C/C(=N\NC(=O)C(=O)Nc1cc(Cl)ccc1Cl)c1ccc(Oc2ccc([N+](=O)[O-])cc2[N+](=O)[O-])cc1. The summed E-state index contributed by atoms with van der Waals surface area (Å²) in [6.07, 6.45) is 0. The number of carbonyl (C=O) groups excluding carboxylic acids is 2. The molecule has 0 bridgehead atoms. The molecule has 3 aromatic rings. The summed E-state index contributed by atoms with van der Waals surface area (Å²) in [5.41, 5.74) is 2.16. The Hall–Kier alpha value is -4.55. The van der Waals surface area contributed by atoms with Crippen molar-refractivity contribution < 1.29 is 24.2 Å². The van der Waals surface area contributed by atoms with Gasteiger partial charge in [-0.3, -0.25) is 29.8 Å². The fourth-order valence-corrected chi connectivity index (χ4v) is 3.10. The molecule has 184 valence electrons. The highest BCUT2D eigenvalue weighted by molar-refractivity contribution is 6.42. The summed E-state index contributed by atoms with van der Waals surface area (Å²) < 4.78 is 5.50. The minimum Gasteiger partial charge on any atom is -0.450 e. The summed E-state index contributed by atoms with van der Waals surface area (Å²) in [5, 5.41) is 28.8. The van der Waals surface area contributed by atoms with Crippen molar-refractivity contribution >= 4 is 57.8 Å². The Bertz CT molecular complexity index is 1390. The number of ether oxygens (including phenoxy) is 1. The number of nitro benzene ring substituents is 2. The molecule has 3 aromatic carbocycles. The maximum atomic E-state index is 12.1. The van der Waals surface area contributed by atoms with Gasteiger partial charge in [0.2, 0.25) is 5.75 Å². The van der Waals surface area contributed by atoms with Crippen LogP contribution in [0.2, 0.25) is 10.0 Å². The number of non-ortho nitro benzene ring substituents is 1. The van der Waals surface area contributed by atoms with Crippen molar-refractivity contribution in [3.63, 3.8) is 0 Å². The summed E-state index contributed by atoms with van der Waals surface area (Å²) in [7, 11) is 0. The van der Waals surface area contributed by atoms with Gasteiger partial charge < -0.3 is 10.1 Å². The quantitative estimate of drug-likeness (QED) is 0.185. The summed E-state index contributed by atoms with van der Waals surface area (Å²) in [4.78, 5) is 44.7. The van der Waals surface area contributed by atoms with E-state index >= 15 is 0 Å². The highest BCUT2D eigenvalue weighted by Crippen LogP contribution is 2.34. The fourth-order valence-electron chi connectivity index (χ4n) is 2.76. The second kappa shape index (κ2) is 11.3. The first-order valence-electron chi connectivity index (χ1n) is 9.87. The number of halogens is 2. The normalized spacial score (nSPS) is 10.9. The van der Waals surface area contributed by atoms with Crippen LogP contribution in [0.15, 0.2) is 65.8 Å². The summed E-state index contributed by atoms with van der Waals surface area (Å²) in [6.45, 7) is 1.57. The van der Waals surface area contributed by atoms with Gasteiger partial charge in [0.1, 0.15) is 5.75 Å². The van der Waals surface area contributed by atoms with Gasteiger partial charge in [0.25, 0.3) is 5.69 Å². The molecule has 12 nitrogen and oxygen atoms in total. The van der Waals surface area contributed by atoms with Crippen LogP contribution in [0, 0.1) is 20.2 Å². The number of nitrogens with one attached hydrogen (secondary N) is 2. The van der Waals surface area contributed by atoms with Gasteiger partial charge >= 0.3 is 17.5 Å². The predicted molar refractivity (Wildman–Crippen MR) is 132 cm³/mol. The van der Waals surface area contributed by atoms with E-state index in [1.165, 1.54) is 30.3 Å². The molecule has 0 aliphatic carbocycles. The first-order chi connectivity index (χ1) is 17.0. The van der Waals surface area contributed by atoms with E-state index in [2.05, 4.69) is 15.8 Å². The molecule has 0 aliphatic heterocycles. The van der Waals surface area contributed by atoms with E-state index < -0.39 is 33.0 Å². The van der Waals surface area contributed by atoms with E-state index in [-0.39, 0.29) is 22.2 Å². The highest BCUT2D eigenvalue weighted by atomic mass is 35.5. The molecule has 3 rings (SSSR count). The second-order valence-corrected chi connectivity index (χ2v) is 7.85. The van der Waals surface area contributed by atoms with Crippen LogP contribution in [0.25, 0.3) is 0 Å². The van der Waals surface area contributed by atoms with Crippen molar-refractivity contribution in [1.82, 2.24) is 5.43 Å². The number of rotatable bonds is 7. The van der Waals surface area contributed by atoms with Gasteiger partial charge in [-0.05, 0) is 61.0 Å². The van der Waals surface area contributed by atoms with Gasteiger partial charge in [-0.2, -0.15) is 5.10 Å². The molecule has 0 spiro atoms. The Morgan fingerprint density at radius 2 is 1.61 bits per heavy atom. The average molecular weight is 532 g/mol. The number of nitro groups is 2. The number of anilines is 1. The maximum absolute atomic E-state index is 12.1. The van der Waals surface area contributed by atoms with Crippen LogP contribution in [-0.2, 0) is 9.59 Å². The highest BCUT2D eigenvalue weighted by Gasteiger charge is 2.21.